The van der Waals surface area contributed by atoms with Crippen molar-refractivity contribution in [2.45, 2.75) is 13.8 Å². The molecular formula is C18H21N7. The Morgan fingerprint density at radius 2 is 2.08 bits per heavy atom. The van der Waals surface area contributed by atoms with Gasteiger partial charge in [0, 0.05) is 48.5 Å². The molecule has 0 bridgehead atoms. The van der Waals surface area contributed by atoms with E-state index in [1.54, 1.807) is 19.5 Å². The Morgan fingerprint density at radius 3 is 2.80 bits per heavy atom. The highest BCUT2D eigenvalue weighted by Crippen LogP contribution is 2.27. The number of allylic oxidation sites excluding steroid dienone is 1. The average molecular weight is 335 g/mol. The summed E-state index contributed by atoms with van der Waals surface area (Å²) in [6.45, 7) is 4.03. The van der Waals surface area contributed by atoms with Crippen LogP contribution in [0.2, 0.25) is 0 Å². The highest BCUT2D eigenvalue weighted by atomic mass is 15.2. The summed E-state index contributed by atoms with van der Waals surface area (Å²) in [6, 6.07) is 5.87. The maximum atomic E-state index is 5.92. The van der Waals surface area contributed by atoms with Crippen LogP contribution in [0.5, 0.6) is 0 Å². The van der Waals surface area contributed by atoms with Gasteiger partial charge in [0.05, 0.1) is 11.2 Å². The van der Waals surface area contributed by atoms with E-state index >= 15 is 0 Å². The van der Waals surface area contributed by atoms with E-state index in [0.29, 0.717) is 11.6 Å². The molecule has 0 fully saturated rings. The van der Waals surface area contributed by atoms with Gasteiger partial charge in [-0.05, 0) is 37.6 Å². The number of nitrogen functional groups attached to an aromatic ring is 1. The van der Waals surface area contributed by atoms with E-state index in [1.165, 1.54) is 6.20 Å². The van der Waals surface area contributed by atoms with Gasteiger partial charge in [0.25, 0.3) is 0 Å². The number of rotatable bonds is 4. The Labute approximate surface area is 146 Å². The van der Waals surface area contributed by atoms with Crippen LogP contribution in [-0.4, -0.2) is 27.8 Å². The quantitative estimate of drug-likeness (QED) is 0.502. The SMILES string of the molecule is CN=C/C(=C\N)Nc1ncc(C)c(-n2cc(C)c3cc(N)ccc32)n1. The number of fused-ring (bicyclic) bond motifs is 1. The molecule has 0 spiro atoms. The third kappa shape index (κ3) is 3.16. The van der Waals surface area contributed by atoms with Gasteiger partial charge in [-0.1, -0.05) is 0 Å². The minimum absolute atomic E-state index is 0.451. The lowest BCUT2D eigenvalue weighted by Gasteiger charge is -2.11. The fourth-order valence-corrected chi connectivity index (χ4v) is 2.71. The van der Waals surface area contributed by atoms with Crippen molar-refractivity contribution in [3.05, 3.63) is 53.6 Å². The molecule has 0 atom stereocenters. The van der Waals surface area contributed by atoms with E-state index in [0.717, 1.165) is 33.5 Å². The second-order valence-corrected chi connectivity index (χ2v) is 5.79. The van der Waals surface area contributed by atoms with Crippen LogP contribution < -0.4 is 16.8 Å². The minimum Gasteiger partial charge on any atom is -0.403 e. The molecule has 2 heterocycles. The summed E-state index contributed by atoms with van der Waals surface area (Å²) in [5.74, 6) is 1.25. The number of hydrogen-bond donors (Lipinski definition) is 3. The lowest BCUT2D eigenvalue weighted by atomic mass is 10.2. The number of anilines is 2. The summed E-state index contributed by atoms with van der Waals surface area (Å²) >= 11 is 0. The lowest BCUT2D eigenvalue weighted by molar-refractivity contribution is 0.985. The van der Waals surface area contributed by atoms with Crippen molar-refractivity contribution >= 4 is 28.8 Å². The minimum atomic E-state index is 0.451. The Bertz CT molecular complexity index is 982. The van der Waals surface area contributed by atoms with Crippen LogP contribution in [0, 0.1) is 13.8 Å². The smallest absolute Gasteiger partial charge is 0.229 e. The Kier molecular flexibility index (Phi) is 4.38. The maximum absolute atomic E-state index is 5.92. The highest BCUT2D eigenvalue weighted by Gasteiger charge is 2.12. The molecule has 3 rings (SSSR count). The Morgan fingerprint density at radius 1 is 1.28 bits per heavy atom. The zero-order valence-corrected chi connectivity index (χ0v) is 14.5. The summed E-state index contributed by atoms with van der Waals surface area (Å²) in [4.78, 5) is 12.9. The first-order chi connectivity index (χ1) is 12.0. The fourth-order valence-electron chi connectivity index (χ4n) is 2.71. The molecule has 0 amide bonds. The largest absolute Gasteiger partial charge is 0.403 e. The van der Waals surface area contributed by atoms with Gasteiger partial charge in [0.2, 0.25) is 5.95 Å². The second-order valence-electron chi connectivity index (χ2n) is 5.79. The summed E-state index contributed by atoms with van der Waals surface area (Å²) in [5.41, 5.74) is 16.0. The van der Waals surface area contributed by atoms with Crippen molar-refractivity contribution in [3.63, 3.8) is 0 Å². The van der Waals surface area contributed by atoms with Gasteiger partial charge in [0.1, 0.15) is 5.82 Å². The first-order valence-corrected chi connectivity index (χ1v) is 7.85. The molecule has 0 saturated carbocycles. The molecular weight excluding hydrogens is 314 g/mol. The first kappa shape index (κ1) is 16.5. The third-order valence-corrected chi connectivity index (χ3v) is 3.90. The van der Waals surface area contributed by atoms with Crippen LogP contribution in [0.1, 0.15) is 11.1 Å². The van der Waals surface area contributed by atoms with Crippen molar-refractivity contribution in [1.82, 2.24) is 14.5 Å². The monoisotopic (exact) mass is 335 g/mol. The van der Waals surface area contributed by atoms with Crippen LogP contribution >= 0.6 is 0 Å². The molecule has 1 aromatic carbocycles. The normalized spacial score (nSPS) is 12.2. The zero-order chi connectivity index (χ0) is 18.0. The molecule has 0 aliphatic carbocycles. The molecule has 5 N–H and O–H groups in total. The van der Waals surface area contributed by atoms with E-state index < -0.39 is 0 Å². The van der Waals surface area contributed by atoms with E-state index in [4.69, 9.17) is 11.5 Å². The van der Waals surface area contributed by atoms with Gasteiger partial charge in [-0.3, -0.25) is 4.99 Å². The van der Waals surface area contributed by atoms with Gasteiger partial charge in [-0.2, -0.15) is 4.98 Å². The summed E-state index contributed by atoms with van der Waals surface area (Å²) < 4.78 is 2.05. The number of aromatic nitrogens is 3. The predicted molar refractivity (Wildman–Crippen MR) is 103 cm³/mol. The fraction of sp³-hybridized carbons (Fsp3) is 0.167. The number of nitrogens with one attached hydrogen (secondary N) is 1. The second kappa shape index (κ2) is 6.64. The van der Waals surface area contributed by atoms with Gasteiger partial charge in [-0.15, -0.1) is 0 Å². The van der Waals surface area contributed by atoms with Crippen molar-refractivity contribution in [3.8, 4) is 5.82 Å². The van der Waals surface area contributed by atoms with Gasteiger partial charge in [-0.25, -0.2) is 4.98 Å². The molecule has 0 saturated heterocycles. The van der Waals surface area contributed by atoms with Crippen LogP contribution in [0.25, 0.3) is 16.7 Å². The number of aliphatic imine (C=N–C) groups is 1. The molecule has 128 valence electrons. The zero-order valence-electron chi connectivity index (χ0n) is 14.5. The van der Waals surface area contributed by atoms with Gasteiger partial charge < -0.3 is 21.4 Å². The standard InChI is InChI=1S/C18H21N7/c1-11-8-22-18(23-14(7-19)9-21-3)24-17(11)25-10-12(2)15-6-13(20)4-5-16(15)25/h4-10H,19-20H2,1-3H3,(H,22,23,24)/b14-7+,21-9?. The van der Waals surface area contributed by atoms with Gasteiger partial charge in [0.15, 0.2) is 0 Å². The van der Waals surface area contributed by atoms with Crippen LogP contribution in [-0.2, 0) is 0 Å². The average Bonchev–Trinajstić information content (AvgIpc) is 2.92. The molecule has 2 aromatic heterocycles. The summed E-state index contributed by atoms with van der Waals surface area (Å²) in [7, 11) is 1.67. The molecule has 0 radical (unpaired) electrons. The molecule has 0 aliphatic heterocycles. The topological polar surface area (TPSA) is 107 Å². The van der Waals surface area contributed by atoms with Crippen LogP contribution in [0.4, 0.5) is 11.6 Å². The molecule has 0 unspecified atom stereocenters. The Hall–Kier alpha value is -3.35. The third-order valence-electron chi connectivity index (χ3n) is 3.90. The van der Waals surface area contributed by atoms with Crippen molar-refractivity contribution in [2.75, 3.05) is 18.1 Å². The van der Waals surface area contributed by atoms with Crippen molar-refractivity contribution < 1.29 is 0 Å². The Balaban J connectivity index is 2.10. The highest BCUT2D eigenvalue weighted by molar-refractivity contribution is 5.88. The van der Waals surface area contributed by atoms with Crippen LogP contribution in [0.15, 0.2) is 47.5 Å². The van der Waals surface area contributed by atoms with E-state index in [9.17, 15) is 0 Å². The number of nitrogens with zero attached hydrogens (tertiary/aromatic N) is 4. The number of nitrogens with two attached hydrogens (primary N) is 2. The molecule has 0 aliphatic rings. The lowest BCUT2D eigenvalue weighted by Crippen LogP contribution is -2.09. The van der Waals surface area contributed by atoms with Gasteiger partial charge >= 0.3 is 0 Å². The maximum Gasteiger partial charge on any atom is 0.229 e. The number of benzene rings is 1. The molecule has 7 nitrogen and oxygen atoms in total. The van der Waals surface area contributed by atoms with Crippen molar-refractivity contribution in [1.29, 1.82) is 0 Å². The predicted octanol–water partition coefficient (Wildman–Crippen LogP) is 2.53. The molecule has 7 heteroatoms. The van der Waals surface area contributed by atoms with E-state index in [2.05, 4.69) is 33.4 Å². The number of hydrogen-bond acceptors (Lipinski definition) is 6. The summed E-state index contributed by atoms with van der Waals surface area (Å²) in [5, 5.41) is 4.17. The van der Waals surface area contributed by atoms with Crippen molar-refractivity contribution in [2.24, 2.45) is 10.7 Å². The first-order valence-electron chi connectivity index (χ1n) is 7.85. The van der Waals surface area contributed by atoms with Crippen LogP contribution in [0.3, 0.4) is 0 Å². The van der Waals surface area contributed by atoms with E-state index in [1.807, 2.05) is 29.7 Å². The van der Waals surface area contributed by atoms with E-state index in [-0.39, 0.29) is 0 Å². The molecule has 25 heavy (non-hydrogen) atoms. The molecule has 3 aromatic rings. The number of aryl methyl sites for hydroxylation is 2. The summed E-state index contributed by atoms with van der Waals surface area (Å²) in [6.07, 6.45) is 6.87.